The van der Waals surface area contributed by atoms with Gasteiger partial charge in [0.2, 0.25) is 5.44 Å². The largest absolute Gasteiger partial charge is 0.493 e. The molecule has 0 aliphatic rings. The molecule has 7 heteroatoms. The van der Waals surface area contributed by atoms with Crippen LogP contribution in [0.15, 0.2) is 18.2 Å². The molecule has 1 rings (SSSR count). The molecular formula is C9H12O6S. The molecule has 0 saturated heterocycles. The van der Waals surface area contributed by atoms with E-state index in [9.17, 15) is 13.5 Å². The van der Waals surface area contributed by atoms with E-state index in [0.29, 0.717) is 5.75 Å². The molecule has 1 atom stereocenters. The van der Waals surface area contributed by atoms with Crippen molar-refractivity contribution in [1.29, 1.82) is 0 Å². The quantitative estimate of drug-likeness (QED) is 0.757. The minimum absolute atomic E-state index is 0.000139. The van der Waals surface area contributed by atoms with E-state index >= 15 is 0 Å². The predicted octanol–water partition coefficient (Wildman–Crippen LogP) is 0.583. The summed E-state index contributed by atoms with van der Waals surface area (Å²) in [4.78, 5) is 0. The van der Waals surface area contributed by atoms with Gasteiger partial charge in [-0.1, -0.05) is 6.07 Å². The third kappa shape index (κ3) is 2.63. The summed E-state index contributed by atoms with van der Waals surface area (Å²) in [6.45, 7) is 0. The van der Waals surface area contributed by atoms with Gasteiger partial charge in [-0.3, -0.25) is 4.55 Å². The number of hydrogen-bond acceptors (Lipinski definition) is 5. The number of ether oxygens (including phenoxy) is 2. The van der Waals surface area contributed by atoms with Gasteiger partial charge in [-0.25, -0.2) is 0 Å². The van der Waals surface area contributed by atoms with Crippen LogP contribution in [-0.4, -0.2) is 32.3 Å². The molecule has 6 nitrogen and oxygen atoms in total. The van der Waals surface area contributed by atoms with Crippen LogP contribution in [0.25, 0.3) is 0 Å². The third-order valence-corrected chi connectivity index (χ3v) is 2.81. The number of benzene rings is 1. The SMILES string of the molecule is COc1ccc([C@@H](O)S(=O)(=O)O)cc1OC. The van der Waals surface area contributed by atoms with Crippen molar-refractivity contribution in [3.8, 4) is 11.5 Å². The van der Waals surface area contributed by atoms with Crippen LogP contribution in [0.4, 0.5) is 0 Å². The fourth-order valence-electron chi connectivity index (χ4n) is 1.18. The van der Waals surface area contributed by atoms with E-state index in [1.54, 1.807) is 0 Å². The zero-order chi connectivity index (χ0) is 12.3. The van der Waals surface area contributed by atoms with Crippen LogP contribution in [-0.2, 0) is 10.1 Å². The van der Waals surface area contributed by atoms with Crippen molar-refractivity contribution >= 4 is 10.1 Å². The minimum atomic E-state index is -4.54. The predicted molar refractivity (Wildman–Crippen MR) is 56.1 cm³/mol. The Morgan fingerprint density at radius 2 is 1.75 bits per heavy atom. The van der Waals surface area contributed by atoms with E-state index in [4.69, 9.17) is 14.0 Å². The zero-order valence-corrected chi connectivity index (χ0v) is 9.56. The van der Waals surface area contributed by atoms with Crippen molar-refractivity contribution in [3.05, 3.63) is 23.8 Å². The zero-order valence-electron chi connectivity index (χ0n) is 8.75. The second-order valence-electron chi connectivity index (χ2n) is 2.98. The van der Waals surface area contributed by atoms with Gasteiger partial charge in [0.25, 0.3) is 10.1 Å². The van der Waals surface area contributed by atoms with Gasteiger partial charge in [-0.05, 0) is 12.1 Å². The molecule has 90 valence electrons. The van der Waals surface area contributed by atoms with Crippen LogP contribution in [0.3, 0.4) is 0 Å². The molecule has 0 unspecified atom stereocenters. The number of hydrogen-bond donors (Lipinski definition) is 2. The van der Waals surface area contributed by atoms with Gasteiger partial charge in [-0.2, -0.15) is 8.42 Å². The first-order valence-corrected chi connectivity index (χ1v) is 5.76. The van der Waals surface area contributed by atoms with Crippen molar-refractivity contribution in [2.45, 2.75) is 5.44 Å². The molecule has 0 saturated carbocycles. The lowest BCUT2D eigenvalue weighted by atomic mass is 10.2. The summed E-state index contributed by atoms with van der Waals surface area (Å²) in [6, 6.07) is 4.03. The normalized spacial score (nSPS) is 13.2. The van der Waals surface area contributed by atoms with Crippen molar-refractivity contribution in [3.63, 3.8) is 0 Å². The summed E-state index contributed by atoms with van der Waals surface area (Å²) in [7, 11) is -1.74. The molecule has 0 bridgehead atoms. The number of aliphatic hydroxyl groups excluding tert-OH is 1. The Balaban J connectivity index is 3.18. The van der Waals surface area contributed by atoms with Crippen molar-refractivity contribution < 1.29 is 27.6 Å². The summed E-state index contributed by atoms with van der Waals surface area (Å²) in [5.41, 5.74) is -1.99. The van der Waals surface area contributed by atoms with Gasteiger partial charge in [-0.15, -0.1) is 0 Å². The topological polar surface area (TPSA) is 93.1 Å². The second-order valence-corrected chi connectivity index (χ2v) is 4.46. The summed E-state index contributed by atoms with van der Waals surface area (Å²) in [5.74, 6) is 0.663. The van der Waals surface area contributed by atoms with Crippen LogP contribution < -0.4 is 9.47 Å². The molecule has 1 aromatic carbocycles. The van der Waals surface area contributed by atoms with E-state index in [-0.39, 0.29) is 11.3 Å². The molecule has 0 aliphatic carbocycles. The average Bonchev–Trinajstić information content (AvgIpc) is 2.25. The lowest BCUT2D eigenvalue weighted by molar-refractivity contribution is 0.237. The standard InChI is InChI=1S/C9H12O6S/c1-14-7-4-3-6(5-8(7)15-2)9(10)16(11,12)13/h3-5,9-10H,1-2H3,(H,11,12,13)/t9-/m0/s1. The lowest BCUT2D eigenvalue weighted by Crippen LogP contribution is -2.11. The number of aliphatic hydroxyl groups is 1. The molecule has 0 heterocycles. The first kappa shape index (κ1) is 12.8. The first-order valence-electron chi connectivity index (χ1n) is 4.26. The number of rotatable bonds is 4. The lowest BCUT2D eigenvalue weighted by Gasteiger charge is -2.11. The van der Waals surface area contributed by atoms with Gasteiger partial charge < -0.3 is 14.6 Å². The number of methoxy groups -OCH3 is 2. The van der Waals surface area contributed by atoms with E-state index in [1.165, 1.54) is 32.4 Å². The van der Waals surface area contributed by atoms with Gasteiger partial charge in [0.05, 0.1) is 14.2 Å². The Morgan fingerprint density at radius 3 is 2.19 bits per heavy atom. The Hall–Kier alpha value is -1.31. The van der Waals surface area contributed by atoms with Crippen LogP contribution >= 0.6 is 0 Å². The fourth-order valence-corrected chi connectivity index (χ4v) is 1.67. The highest BCUT2D eigenvalue weighted by atomic mass is 32.2. The Morgan fingerprint density at radius 1 is 1.19 bits per heavy atom. The van der Waals surface area contributed by atoms with Crippen LogP contribution in [0.1, 0.15) is 11.0 Å². The second kappa shape index (κ2) is 4.69. The van der Waals surface area contributed by atoms with Gasteiger partial charge >= 0.3 is 0 Å². The fraction of sp³-hybridized carbons (Fsp3) is 0.333. The molecule has 0 fully saturated rings. The van der Waals surface area contributed by atoms with E-state index in [0.717, 1.165) is 0 Å². The summed E-state index contributed by atoms with van der Waals surface area (Å²) >= 11 is 0. The maximum Gasteiger partial charge on any atom is 0.296 e. The molecule has 0 aliphatic heterocycles. The van der Waals surface area contributed by atoms with Crippen LogP contribution in [0, 0.1) is 0 Å². The van der Waals surface area contributed by atoms with E-state index < -0.39 is 15.6 Å². The molecule has 0 aromatic heterocycles. The highest BCUT2D eigenvalue weighted by Crippen LogP contribution is 2.31. The smallest absolute Gasteiger partial charge is 0.296 e. The van der Waals surface area contributed by atoms with E-state index in [1.807, 2.05) is 0 Å². The highest BCUT2D eigenvalue weighted by molar-refractivity contribution is 7.85. The Labute approximate surface area is 93.2 Å². The molecule has 2 N–H and O–H groups in total. The molecule has 0 amide bonds. The van der Waals surface area contributed by atoms with E-state index in [2.05, 4.69) is 0 Å². The Kier molecular flexibility index (Phi) is 3.74. The molecular weight excluding hydrogens is 236 g/mol. The average molecular weight is 248 g/mol. The van der Waals surface area contributed by atoms with Crippen LogP contribution in [0.2, 0.25) is 0 Å². The summed E-state index contributed by atoms with van der Waals surface area (Å²) < 4.78 is 40.0. The van der Waals surface area contributed by atoms with Gasteiger partial charge in [0.1, 0.15) is 0 Å². The maximum atomic E-state index is 10.7. The summed E-state index contributed by atoms with van der Waals surface area (Å²) in [5, 5.41) is 9.31. The van der Waals surface area contributed by atoms with Gasteiger partial charge in [0.15, 0.2) is 11.5 Å². The minimum Gasteiger partial charge on any atom is -0.493 e. The maximum absolute atomic E-state index is 10.7. The van der Waals surface area contributed by atoms with Crippen LogP contribution in [0.5, 0.6) is 11.5 Å². The molecule has 0 spiro atoms. The molecule has 0 radical (unpaired) electrons. The first-order chi connectivity index (χ1) is 7.40. The van der Waals surface area contributed by atoms with Gasteiger partial charge in [0, 0.05) is 5.56 Å². The summed E-state index contributed by atoms with van der Waals surface area (Å²) in [6.07, 6.45) is 0. The molecule has 16 heavy (non-hydrogen) atoms. The monoisotopic (exact) mass is 248 g/mol. The molecule has 1 aromatic rings. The third-order valence-electron chi connectivity index (χ3n) is 1.97. The Bertz CT molecular complexity index is 467. The van der Waals surface area contributed by atoms with Crippen molar-refractivity contribution in [2.75, 3.05) is 14.2 Å². The van der Waals surface area contributed by atoms with Crippen molar-refractivity contribution in [1.82, 2.24) is 0 Å². The highest BCUT2D eigenvalue weighted by Gasteiger charge is 2.23. The van der Waals surface area contributed by atoms with Crippen molar-refractivity contribution in [2.24, 2.45) is 0 Å².